The molecule has 13 rings (SSSR count). The van der Waals surface area contributed by atoms with Gasteiger partial charge in [-0.15, -0.1) is 0 Å². The van der Waals surface area contributed by atoms with Gasteiger partial charge >= 0.3 is 0 Å². The molecule has 0 spiro atoms. The summed E-state index contributed by atoms with van der Waals surface area (Å²) in [7, 11) is 0. The van der Waals surface area contributed by atoms with E-state index in [1.165, 1.54) is 72.0 Å². The molecule has 11 aromatic carbocycles. The molecule has 12 aromatic rings. The third kappa shape index (κ3) is 6.71. The number of hydrogen-bond acceptors (Lipinski definition) is 2. The highest BCUT2D eigenvalue weighted by molar-refractivity contribution is 6.06. The zero-order valence-corrected chi connectivity index (χ0v) is 39.2. The second kappa shape index (κ2) is 16.8. The molecule has 0 amide bonds. The van der Waals surface area contributed by atoms with Gasteiger partial charge in [-0.1, -0.05) is 202 Å². The summed E-state index contributed by atoms with van der Waals surface area (Å²) in [6, 6.07) is 93.7. The number of benzene rings is 11. The van der Waals surface area contributed by atoms with Gasteiger partial charge in [0.2, 0.25) is 0 Å². The Hall–Kier alpha value is -8.72. The molecule has 1 aromatic heterocycles. The number of rotatable bonds is 9. The van der Waals surface area contributed by atoms with E-state index in [1.807, 2.05) is 12.1 Å². The zero-order valence-electron chi connectivity index (χ0n) is 39.2. The predicted molar refractivity (Wildman–Crippen MR) is 294 cm³/mol. The van der Waals surface area contributed by atoms with E-state index in [-0.39, 0.29) is 0 Å². The third-order valence-corrected chi connectivity index (χ3v) is 14.7. The highest BCUT2D eigenvalue weighted by Gasteiger charge is 2.47. The van der Waals surface area contributed by atoms with Crippen molar-refractivity contribution < 1.29 is 4.42 Å². The van der Waals surface area contributed by atoms with Crippen LogP contribution >= 0.6 is 0 Å². The maximum Gasteiger partial charge on any atom is 0.135 e. The van der Waals surface area contributed by atoms with E-state index in [9.17, 15) is 0 Å². The molecule has 0 saturated carbocycles. The number of anilines is 3. The fourth-order valence-corrected chi connectivity index (χ4v) is 11.5. The molecule has 70 heavy (non-hydrogen) atoms. The molecule has 1 aliphatic rings. The Bertz CT molecular complexity index is 3850. The van der Waals surface area contributed by atoms with Gasteiger partial charge in [0.05, 0.1) is 5.41 Å². The molecular formula is C68H49NO. The Kier molecular flexibility index (Phi) is 9.95. The normalized spacial score (nSPS) is 12.7. The average Bonchev–Trinajstić information content (AvgIpc) is 3.95. The molecule has 0 fully saturated rings. The Morgan fingerprint density at radius 3 is 1.53 bits per heavy atom. The van der Waals surface area contributed by atoms with Crippen molar-refractivity contribution in [3.8, 4) is 44.5 Å². The molecule has 1 heterocycles. The first-order valence-corrected chi connectivity index (χ1v) is 24.4. The van der Waals surface area contributed by atoms with Crippen LogP contribution in [0.15, 0.2) is 259 Å². The Labute approximate surface area is 409 Å². The van der Waals surface area contributed by atoms with Gasteiger partial charge in [-0.2, -0.15) is 0 Å². The van der Waals surface area contributed by atoms with Crippen molar-refractivity contribution in [2.45, 2.75) is 25.2 Å². The monoisotopic (exact) mass is 895 g/mol. The van der Waals surface area contributed by atoms with Crippen LogP contribution < -0.4 is 4.90 Å². The number of para-hydroxylation sites is 1. The second-order valence-electron chi connectivity index (χ2n) is 19.0. The van der Waals surface area contributed by atoms with Gasteiger partial charge in [0, 0.05) is 27.8 Å². The van der Waals surface area contributed by atoms with Crippen LogP contribution in [0.3, 0.4) is 0 Å². The second-order valence-corrected chi connectivity index (χ2v) is 19.0. The van der Waals surface area contributed by atoms with E-state index in [0.29, 0.717) is 5.92 Å². The highest BCUT2D eigenvalue weighted by atomic mass is 16.3. The number of fused-ring (bicyclic) bond motifs is 7. The molecule has 0 aliphatic heterocycles. The van der Waals surface area contributed by atoms with Crippen molar-refractivity contribution in [1.82, 2.24) is 0 Å². The quantitative estimate of drug-likeness (QED) is 0.144. The molecule has 0 atom stereocenters. The minimum atomic E-state index is -0.548. The van der Waals surface area contributed by atoms with E-state index >= 15 is 0 Å². The minimum Gasteiger partial charge on any atom is -0.456 e. The summed E-state index contributed by atoms with van der Waals surface area (Å²) in [5.41, 5.74) is 20.7. The van der Waals surface area contributed by atoms with Crippen LogP contribution in [0.5, 0.6) is 0 Å². The van der Waals surface area contributed by atoms with Crippen LogP contribution in [-0.4, -0.2) is 0 Å². The Morgan fingerprint density at radius 1 is 0.357 bits per heavy atom. The highest BCUT2D eigenvalue weighted by Crippen LogP contribution is 2.59. The molecule has 0 radical (unpaired) electrons. The third-order valence-electron chi connectivity index (χ3n) is 14.7. The zero-order chi connectivity index (χ0) is 46.8. The lowest BCUT2D eigenvalue weighted by molar-refractivity contribution is 0.669. The van der Waals surface area contributed by atoms with Crippen molar-refractivity contribution in [3.05, 3.63) is 283 Å². The van der Waals surface area contributed by atoms with Crippen LogP contribution in [0.4, 0.5) is 17.1 Å². The minimum absolute atomic E-state index is 0.344. The van der Waals surface area contributed by atoms with Gasteiger partial charge < -0.3 is 9.32 Å². The molecule has 0 bridgehead atoms. The summed E-state index contributed by atoms with van der Waals surface area (Å²) < 4.78 is 6.21. The Balaban J connectivity index is 1.00. The van der Waals surface area contributed by atoms with Gasteiger partial charge in [0.15, 0.2) is 0 Å². The SMILES string of the molecule is CC(C)c1cccc2c1-c1ccc(N(c3ccc(-c4ccc5oc6ccccc6c5c4)cc3)c3ccc(-c4cc5ccccc5cc4-c4ccccc4)cc3)cc1C2(c1ccccc1)c1ccccc1. The van der Waals surface area contributed by atoms with Gasteiger partial charge in [0.25, 0.3) is 0 Å². The van der Waals surface area contributed by atoms with Crippen molar-refractivity contribution in [2.75, 3.05) is 4.90 Å². The number of nitrogens with zero attached hydrogens (tertiary/aromatic N) is 1. The van der Waals surface area contributed by atoms with Crippen LogP contribution in [0.2, 0.25) is 0 Å². The predicted octanol–water partition coefficient (Wildman–Crippen LogP) is 18.7. The lowest BCUT2D eigenvalue weighted by atomic mass is 9.67. The van der Waals surface area contributed by atoms with Crippen molar-refractivity contribution in [2.24, 2.45) is 0 Å². The first-order chi connectivity index (χ1) is 34.5. The molecule has 2 heteroatoms. The first kappa shape index (κ1) is 41.5. The molecular weight excluding hydrogens is 847 g/mol. The number of hydrogen-bond donors (Lipinski definition) is 0. The molecule has 0 saturated heterocycles. The fraction of sp³-hybridized carbons (Fsp3) is 0.0588. The van der Waals surface area contributed by atoms with Crippen LogP contribution in [0.25, 0.3) is 77.2 Å². The smallest absolute Gasteiger partial charge is 0.135 e. The van der Waals surface area contributed by atoms with E-state index in [1.54, 1.807) is 0 Å². The summed E-state index contributed by atoms with van der Waals surface area (Å²) in [4.78, 5) is 2.44. The van der Waals surface area contributed by atoms with Crippen LogP contribution in [0, 0.1) is 0 Å². The van der Waals surface area contributed by atoms with Crippen molar-refractivity contribution in [3.63, 3.8) is 0 Å². The Morgan fingerprint density at radius 2 is 0.886 bits per heavy atom. The van der Waals surface area contributed by atoms with E-state index in [2.05, 4.69) is 261 Å². The average molecular weight is 896 g/mol. The molecule has 1 aliphatic carbocycles. The largest absolute Gasteiger partial charge is 0.456 e. The lowest BCUT2D eigenvalue weighted by Gasteiger charge is -2.35. The van der Waals surface area contributed by atoms with E-state index in [0.717, 1.165) is 50.1 Å². The summed E-state index contributed by atoms with van der Waals surface area (Å²) in [6.45, 7) is 4.64. The fourth-order valence-electron chi connectivity index (χ4n) is 11.5. The van der Waals surface area contributed by atoms with E-state index in [4.69, 9.17) is 4.42 Å². The van der Waals surface area contributed by atoms with Crippen molar-refractivity contribution >= 4 is 49.8 Å². The molecule has 0 unspecified atom stereocenters. The summed E-state index contributed by atoms with van der Waals surface area (Å²) in [5, 5.41) is 4.71. The lowest BCUT2D eigenvalue weighted by Crippen LogP contribution is -2.28. The van der Waals surface area contributed by atoms with Gasteiger partial charge in [-0.05, 0) is 156 Å². The molecule has 332 valence electrons. The van der Waals surface area contributed by atoms with Gasteiger partial charge in [-0.25, -0.2) is 0 Å². The van der Waals surface area contributed by atoms with Gasteiger partial charge in [0.1, 0.15) is 11.2 Å². The van der Waals surface area contributed by atoms with Crippen LogP contribution in [-0.2, 0) is 5.41 Å². The molecule has 2 nitrogen and oxygen atoms in total. The topological polar surface area (TPSA) is 16.4 Å². The molecule has 0 N–H and O–H groups in total. The first-order valence-electron chi connectivity index (χ1n) is 24.4. The van der Waals surface area contributed by atoms with Crippen LogP contribution in [0.1, 0.15) is 47.6 Å². The number of furan rings is 1. The van der Waals surface area contributed by atoms with Gasteiger partial charge in [-0.3, -0.25) is 0 Å². The van der Waals surface area contributed by atoms with Crippen molar-refractivity contribution in [1.29, 1.82) is 0 Å². The maximum absolute atomic E-state index is 6.21. The summed E-state index contributed by atoms with van der Waals surface area (Å²) in [5.74, 6) is 0.344. The summed E-state index contributed by atoms with van der Waals surface area (Å²) >= 11 is 0. The summed E-state index contributed by atoms with van der Waals surface area (Å²) in [6.07, 6.45) is 0. The standard InChI is InChI=1S/C68H49NO/c1-45(2)57-26-16-27-63-67(57)59-39-38-56(44-64(59)68(63,52-21-8-4-9-22-52)53-23-10-5-11-24-53)69(54-34-29-46(30-35-54)51-33-40-66-62(43-51)58-25-14-15-28-65(58)70-66)55-36-31-48(32-37-55)61-42-50-20-13-12-19-49(50)41-60(61)47-17-6-3-7-18-47/h3-45H,1-2H3. The maximum atomic E-state index is 6.21. The van der Waals surface area contributed by atoms with E-state index < -0.39 is 5.41 Å².